The third-order valence-electron chi connectivity index (χ3n) is 5.98. The van der Waals surface area contributed by atoms with E-state index in [2.05, 4.69) is 26.7 Å². The third kappa shape index (κ3) is 4.75. The molecule has 1 saturated carbocycles. The highest BCUT2D eigenvalue weighted by Gasteiger charge is 2.28. The first-order valence-electron chi connectivity index (χ1n) is 10.6. The molecule has 1 aliphatic carbocycles. The molecule has 1 saturated heterocycles. The van der Waals surface area contributed by atoms with E-state index in [1.165, 1.54) is 6.92 Å². The predicted molar refractivity (Wildman–Crippen MR) is 115 cm³/mol. The van der Waals surface area contributed by atoms with E-state index in [1.54, 1.807) is 18.3 Å². The highest BCUT2D eigenvalue weighted by Crippen LogP contribution is 2.30. The van der Waals surface area contributed by atoms with Crippen molar-refractivity contribution >= 4 is 34.2 Å². The number of fused-ring (bicyclic) bond motifs is 1. The fraction of sp³-hybridized carbons (Fsp3) is 0.500. The van der Waals surface area contributed by atoms with E-state index < -0.39 is 6.10 Å². The largest absolute Gasteiger partial charge is 0.391 e. The van der Waals surface area contributed by atoms with Crippen LogP contribution in [0.15, 0.2) is 18.3 Å². The second kappa shape index (κ2) is 8.86. The fourth-order valence-electron chi connectivity index (χ4n) is 4.50. The number of aliphatic hydroxyl groups excluding tert-OH is 1. The van der Waals surface area contributed by atoms with Crippen LogP contribution in [-0.2, 0) is 9.59 Å². The number of nitrogens with zero attached hydrogens (tertiary/aromatic N) is 4. The van der Waals surface area contributed by atoms with Crippen LogP contribution in [0.25, 0.3) is 10.8 Å². The molecule has 2 aromatic rings. The Labute approximate surface area is 180 Å². The van der Waals surface area contributed by atoms with Crippen molar-refractivity contribution in [3.8, 4) is 6.07 Å². The van der Waals surface area contributed by atoms with Gasteiger partial charge in [0.1, 0.15) is 23.4 Å². The Kier molecular flexibility index (Phi) is 6.00. The van der Waals surface area contributed by atoms with Crippen LogP contribution in [0.1, 0.15) is 44.7 Å². The summed E-state index contributed by atoms with van der Waals surface area (Å²) in [4.78, 5) is 35.0. The molecule has 162 valence electrons. The Bertz CT molecular complexity index is 1050. The highest BCUT2D eigenvalue weighted by atomic mass is 16.3. The van der Waals surface area contributed by atoms with Crippen molar-refractivity contribution in [1.82, 2.24) is 15.3 Å². The average molecular weight is 422 g/mol. The van der Waals surface area contributed by atoms with Gasteiger partial charge >= 0.3 is 0 Å². The average Bonchev–Trinajstić information content (AvgIpc) is 3.18. The highest BCUT2D eigenvalue weighted by molar-refractivity contribution is 5.98. The van der Waals surface area contributed by atoms with Gasteiger partial charge in [-0.25, -0.2) is 9.97 Å². The monoisotopic (exact) mass is 422 g/mol. The molecule has 2 fully saturated rings. The lowest BCUT2D eigenvalue weighted by atomic mass is 9.85. The standard InChI is InChI=1S/C22H26N6O3/c1-13(29)25-16-4-2-3-14(7-16)22(31)27-20-9-19-15(11-24-20)8-17(10-23)26-21(19)28-6-5-18(30)12-28/h8-9,11,14,16,18,30H,2-7,12H2,1H3,(H,25,29)(H,24,27,31)/t14?,16-,18-/m1/s1. The minimum Gasteiger partial charge on any atom is -0.391 e. The Morgan fingerprint density at radius 2 is 2.13 bits per heavy atom. The summed E-state index contributed by atoms with van der Waals surface area (Å²) in [5.74, 6) is 0.668. The second-order valence-corrected chi connectivity index (χ2v) is 8.37. The molecule has 3 atom stereocenters. The van der Waals surface area contributed by atoms with E-state index in [-0.39, 0.29) is 29.5 Å². The summed E-state index contributed by atoms with van der Waals surface area (Å²) in [5.41, 5.74) is 0.286. The Morgan fingerprint density at radius 1 is 1.29 bits per heavy atom. The van der Waals surface area contributed by atoms with E-state index in [0.717, 1.165) is 30.0 Å². The maximum atomic E-state index is 12.9. The summed E-state index contributed by atoms with van der Waals surface area (Å²) in [6.45, 7) is 2.59. The second-order valence-electron chi connectivity index (χ2n) is 8.37. The van der Waals surface area contributed by atoms with Crippen molar-refractivity contribution in [2.45, 2.75) is 51.2 Å². The number of nitriles is 1. The molecule has 0 radical (unpaired) electrons. The van der Waals surface area contributed by atoms with Crippen LogP contribution >= 0.6 is 0 Å². The van der Waals surface area contributed by atoms with E-state index in [9.17, 15) is 20.0 Å². The number of nitrogens with one attached hydrogen (secondary N) is 2. The number of β-amino-alcohol motifs (C(OH)–C–C–N with tert-alkyl or cyclic N) is 1. The van der Waals surface area contributed by atoms with Gasteiger partial charge in [-0.2, -0.15) is 5.26 Å². The lowest BCUT2D eigenvalue weighted by Crippen LogP contribution is -2.40. The Hall–Kier alpha value is -3.25. The molecule has 2 aromatic heterocycles. The first-order valence-corrected chi connectivity index (χ1v) is 10.6. The van der Waals surface area contributed by atoms with Gasteiger partial charge in [0, 0.05) is 48.9 Å². The topological polar surface area (TPSA) is 131 Å². The van der Waals surface area contributed by atoms with Gasteiger partial charge in [-0.1, -0.05) is 6.42 Å². The molecule has 2 aliphatic rings. The Balaban J connectivity index is 1.56. The van der Waals surface area contributed by atoms with Crippen LogP contribution in [0.4, 0.5) is 11.6 Å². The quantitative estimate of drug-likeness (QED) is 0.683. The van der Waals surface area contributed by atoms with Crippen LogP contribution in [0, 0.1) is 17.2 Å². The van der Waals surface area contributed by atoms with Crippen molar-refractivity contribution in [3.05, 3.63) is 24.0 Å². The molecule has 9 nitrogen and oxygen atoms in total. The number of aliphatic hydroxyl groups is 1. The van der Waals surface area contributed by atoms with Crippen molar-refractivity contribution in [3.63, 3.8) is 0 Å². The van der Waals surface area contributed by atoms with Gasteiger partial charge in [-0.15, -0.1) is 0 Å². The number of amides is 2. The summed E-state index contributed by atoms with van der Waals surface area (Å²) >= 11 is 0. The minimum absolute atomic E-state index is 0.0216. The smallest absolute Gasteiger partial charge is 0.228 e. The Morgan fingerprint density at radius 3 is 2.84 bits per heavy atom. The maximum Gasteiger partial charge on any atom is 0.228 e. The number of carbonyl (C=O) groups excluding carboxylic acids is 2. The fourth-order valence-corrected chi connectivity index (χ4v) is 4.50. The first kappa shape index (κ1) is 21.0. The summed E-state index contributed by atoms with van der Waals surface area (Å²) in [7, 11) is 0. The predicted octanol–water partition coefficient (Wildman–Crippen LogP) is 1.71. The lowest BCUT2D eigenvalue weighted by molar-refractivity contribution is -0.123. The molecule has 3 heterocycles. The van der Waals surface area contributed by atoms with Crippen molar-refractivity contribution < 1.29 is 14.7 Å². The molecule has 3 N–H and O–H groups in total. The normalized spacial score (nSPS) is 23.4. The summed E-state index contributed by atoms with van der Waals surface area (Å²) in [6, 6.07) is 5.54. The number of rotatable bonds is 4. The zero-order chi connectivity index (χ0) is 22.0. The number of aromatic nitrogens is 2. The van der Waals surface area contributed by atoms with E-state index in [1.807, 2.05) is 4.90 Å². The maximum absolute atomic E-state index is 12.9. The molecule has 1 unspecified atom stereocenters. The van der Waals surface area contributed by atoms with Crippen LogP contribution in [-0.4, -0.2) is 52.1 Å². The van der Waals surface area contributed by atoms with Gasteiger partial charge in [0.15, 0.2) is 0 Å². The molecular formula is C22H26N6O3. The van der Waals surface area contributed by atoms with Crippen LogP contribution in [0.3, 0.4) is 0 Å². The van der Waals surface area contributed by atoms with Crippen molar-refractivity contribution in [1.29, 1.82) is 5.26 Å². The molecule has 4 rings (SSSR count). The number of carbonyl (C=O) groups is 2. The molecule has 9 heteroatoms. The molecule has 0 bridgehead atoms. The summed E-state index contributed by atoms with van der Waals surface area (Å²) < 4.78 is 0. The van der Waals surface area contributed by atoms with Gasteiger partial charge < -0.3 is 20.6 Å². The molecular weight excluding hydrogens is 396 g/mol. The molecule has 0 aromatic carbocycles. The van der Waals surface area contributed by atoms with Crippen LogP contribution < -0.4 is 15.5 Å². The number of hydrogen-bond acceptors (Lipinski definition) is 7. The molecule has 31 heavy (non-hydrogen) atoms. The van der Waals surface area contributed by atoms with Gasteiger partial charge in [0.25, 0.3) is 0 Å². The lowest BCUT2D eigenvalue weighted by Gasteiger charge is -2.28. The van der Waals surface area contributed by atoms with Crippen LogP contribution in [0.5, 0.6) is 0 Å². The first-order chi connectivity index (χ1) is 14.9. The van der Waals surface area contributed by atoms with Crippen molar-refractivity contribution in [2.24, 2.45) is 5.92 Å². The van der Waals surface area contributed by atoms with Crippen LogP contribution in [0.2, 0.25) is 0 Å². The van der Waals surface area contributed by atoms with E-state index in [0.29, 0.717) is 37.6 Å². The van der Waals surface area contributed by atoms with E-state index in [4.69, 9.17) is 0 Å². The van der Waals surface area contributed by atoms with Gasteiger partial charge in [-0.3, -0.25) is 9.59 Å². The zero-order valence-electron chi connectivity index (χ0n) is 17.5. The zero-order valence-corrected chi connectivity index (χ0v) is 17.5. The molecule has 0 spiro atoms. The third-order valence-corrected chi connectivity index (χ3v) is 5.98. The van der Waals surface area contributed by atoms with Gasteiger partial charge in [0.05, 0.1) is 6.10 Å². The minimum atomic E-state index is -0.425. The SMILES string of the molecule is CC(=O)N[C@@H]1CCCC(C(=O)Nc2cc3c(N4CC[C@@H](O)C4)nc(C#N)cc3cn2)C1. The van der Waals surface area contributed by atoms with Gasteiger partial charge in [0.2, 0.25) is 11.8 Å². The number of hydrogen-bond donors (Lipinski definition) is 3. The summed E-state index contributed by atoms with van der Waals surface area (Å²) in [6.07, 6.45) is 5.01. The number of anilines is 2. The van der Waals surface area contributed by atoms with E-state index >= 15 is 0 Å². The van der Waals surface area contributed by atoms with Crippen molar-refractivity contribution in [2.75, 3.05) is 23.3 Å². The van der Waals surface area contributed by atoms with Gasteiger partial charge in [-0.05, 0) is 37.8 Å². The molecule has 1 aliphatic heterocycles. The number of pyridine rings is 2. The summed E-state index contributed by atoms with van der Waals surface area (Å²) in [5, 5.41) is 26.6. The molecule has 2 amide bonds.